The zero-order valence-corrected chi connectivity index (χ0v) is 10.9. The largest absolute Gasteiger partial charge is 0.495 e. The standard InChI is InChI=1S/C11H14BrNO3/c1-13-4-3-7-10(14-2)8(12)5-9-11(7)16-6-15-9/h5,13H,3-4,6H2,1-2H3. The normalized spacial score (nSPS) is 12.9. The average molecular weight is 288 g/mol. The first kappa shape index (κ1) is 11.5. The Morgan fingerprint density at radius 2 is 2.31 bits per heavy atom. The summed E-state index contributed by atoms with van der Waals surface area (Å²) in [5.74, 6) is 2.40. The number of likely N-dealkylation sites (N-methyl/N-ethyl adjacent to an activating group) is 1. The van der Waals surface area contributed by atoms with Crippen molar-refractivity contribution in [1.82, 2.24) is 5.32 Å². The number of rotatable bonds is 4. The van der Waals surface area contributed by atoms with Gasteiger partial charge in [0.1, 0.15) is 5.75 Å². The topological polar surface area (TPSA) is 39.7 Å². The lowest BCUT2D eigenvalue weighted by molar-refractivity contribution is 0.173. The van der Waals surface area contributed by atoms with Gasteiger partial charge in [0, 0.05) is 11.6 Å². The number of fused-ring (bicyclic) bond motifs is 1. The summed E-state index contributed by atoms with van der Waals surface area (Å²) in [6, 6.07) is 1.88. The number of methoxy groups -OCH3 is 1. The van der Waals surface area contributed by atoms with Crippen molar-refractivity contribution in [2.45, 2.75) is 6.42 Å². The molecule has 0 aliphatic carbocycles. The molecule has 0 unspecified atom stereocenters. The number of benzene rings is 1. The van der Waals surface area contributed by atoms with Crippen LogP contribution < -0.4 is 19.5 Å². The van der Waals surface area contributed by atoms with Crippen molar-refractivity contribution < 1.29 is 14.2 Å². The minimum atomic E-state index is 0.279. The molecule has 0 fully saturated rings. The van der Waals surface area contributed by atoms with Gasteiger partial charge < -0.3 is 19.5 Å². The minimum Gasteiger partial charge on any atom is -0.495 e. The lowest BCUT2D eigenvalue weighted by Gasteiger charge is -2.13. The first-order valence-corrected chi connectivity index (χ1v) is 5.86. The van der Waals surface area contributed by atoms with E-state index in [4.69, 9.17) is 14.2 Å². The van der Waals surface area contributed by atoms with Crippen molar-refractivity contribution >= 4 is 15.9 Å². The van der Waals surface area contributed by atoms with Crippen LogP contribution in [0.15, 0.2) is 10.5 Å². The highest BCUT2D eigenvalue weighted by atomic mass is 79.9. The second kappa shape index (κ2) is 4.93. The van der Waals surface area contributed by atoms with E-state index in [0.29, 0.717) is 0 Å². The Balaban J connectivity index is 2.44. The van der Waals surface area contributed by atoms with E-state index >= 15 is 0 Å². The quantitative estimate of drug-likeness (QED) is 0.919. The Hall–Kier alpha value is -0.940. The Labute approximate surface area is 103 Å². The van der Waals surface area contributed by atoms with E-state index in [-0.39, 0.29) is 6.79 Å². The van der Waals surface area contributed by atoms with Crippen molar-refractivity contribution in [3.63, 3.8) is 0 Å². The van der Waals surface area contributed by atoms with E-state index < -0.39 is 0 Å². The SMILES string of the molecule is CNCCc1c(OC)c(Br)cc2c1OCO2. The zero-order chi connectivity index (χ0) is 11.5. The molecule has 0 saturated carbocycles. The molecule has 0 spiro atoms. The van der Waals surface area contributed by atoms with Crippen molar-refractivity contribution in [1.29, 1.82) is 0 Å². The molecular formula is C11H14BrNO3. The second-order valence-corrected chi connectivity index (χ2v) is 4.31. The first-order valence-electron chi connectivity index (χ1n) is 5.07. The van der Waals surface area contributed by atoms with Gasteiger partial charge in [-0.1, -0.05) is 0 Å². The van der Waals surface area contributed by atoms with Gasteiger partial charge in [-0.2, -0.15) is 0 Å². The van der Waals surface area contributed by atoms with Crippen LogP contribution in [0.25, 0.3) is 0 Å². The predicted molar refractivity (Wildman–Crippen MR) is 64.4 cm³/mol. The fourth-order valence-electron chi connectivity index (χ4n) is 1.76. The Morgan fingerprint density at radius 3 is 3.00 bits per heavy atom. The Kier molecular flexibility index (Phi) is 3.56. The summed E-state index contributed by atoms with van der Waals surface area (Å²) in [5.41, 5.74) is 1.04. The van der Waals surface area contributed by atoms with E-state index in [2.05, 4.69) is 21.2 Å². The maximum atomic E-state index is 5.47. The van der Waals surface area contributed by atoms with E-state index in [9.17, 15) is 0 Å². The van der Waals surface area contributed by atoms with Crippen LogP contribution in [-0.2, 0) is 6.42 Å². The third kappa shape index (κ3) is 1.97. The highest BCUT2D eigenvalue weighted by Gasteiger charge is 2.23. The van der Waals surface area contributed by atoms with Gasteiger partial charge in [-0.05, 0) is 35.9 Å². The molecule has 1 aromatic carbocycles. The summed E-state index contributed by atoms with van der Waals surface area (Å²) >= 11 is 3.47. The van der Waals surface area contributed by atoms with Crippen LogP contribution >= 0.6 is 15.9 Å². The third-order valence-electron chi connectivity index (χ3n) is 2.49. The highest BCUT2D eigenvalue weighted by Crippen LogP contribution is 2.45. The Bertz CT molecular complexity index is 392. The maximum Gasteiger partial charge on any atom is 0.231 e. The second-order valence-electron chi connectivity index (χ2n) is 3.46. The molecular weight excluding hydrogens is 274 g/mol. The van der Waals surface area contributed by atoms with Gasteiger partial charge in [0.2, 0.25) is 6.79 Å². The third-order valence-corrected chi connectivity index (χ3v) is 3.08. The van der Waals surface area contributed by atoms with Crippen molar-refractivity contribution in [3.05, 3.63) is 16.1 Å². The first-order chi connectivity index (χ1) is 7.77. The molecule has 1 N–H and O–H groups in total. The molecule has 1 aliphatic rings. The lowest BCUT2D eigenvalue weighted by atomic mass is 10.1. The molecule has 0 amide bonds. The lowest BCUT2D eigenvalue weighted by Crippen LogP contribution is -2.11. The van der Waals surface area contributed by atoms with E-state index in [0.717, 1.165) is 40.3 Å². The van der Waals surface area contributed by atoms with Crippen LogP contribution in [0.3, 0.4) is 0 Å². The van der Waals surface area contributed by atoms with Gasteiger partial charge in [0.05, 0.1) is 11.6 Å². The number of hydrogen-bond acceptors (Lipinski definition) is 4. The molecule has 0 saturated heterocycles. The van der Waals surface area contributed by atoms with Gasteiger partial charge in [-0.3, -0.25) is 0 Å². The number of hydrogen-bond donors (Lipinski definition) is 1. The number of nitrogens with one attached hydrogen (secondary N) is 1. The molecule has 5 heteroatoms. The van der Waals surface area contributed by atoms with E-state index in [1.807, 2.05) is 13.1 Å². The molecule has 88 valence electrons. The van der Waals surface area contributed by atoms with Crippen molar-refractivity contribution in [2.75, 3.05) is 27.5 Å². The summed E-state index contributed by atoms with van der Waals surface area (Å²) in [7, 11) is 3.58. The number of halogens is 1. The van der Waals surface area contributed by atoms with Gasteiger partial charge in [0.15, 0.2) is 11.5 Å². The molecule has 0 bridgehead atoms. The molecule has 0 radical (unpaired) electrons. The van der Waals surface area contributed by atoms with Crippen LogP contribution in [0.4, 0.5) is 0 Å². The predicted octanol–water partition coefficient (Wildman–Crippen LogP) is 1.95. The van der Waals surface area contributed by atoms with Gasteiger partial charge >= 0.3 is 0 Å². The molecule has 1 heterocycles. The van der Waals surface area contributed by atoms with Crippen molar-refractivity contribution in [2.24, 2.45) is 0 Å². The molecule has 16 heavy (non-hydrogen) atoms. The van der Waals surface area contributed by atoms with Gasteiger partial charge in [-0.15, -0.1) is 0 Å². The van der Waals surface area contributed by atoms with E-state index in [1.54, 1.807) is 7.11 Å². The van der Waals surface area contributed by atoms with Crippen molar-refractivity contribution in [3.8, 4) is 17.2 Å². The molecule has 1 aromatic rings. The van der Waals surface area contributed by atoms with Crippen LogP contribution in [0.1, 0.15) is 5.56 Å². The monoisotopic (exact) mass is 287 g/mol. The average Bonchev–Trinajstić information content (AvgIpc) is 2.72. The smallest absolute Gasteiger partial charge is 0.231 e. The van der Waals surface area contributed by atoms with Crippen LogP contribution in [-0.4, -0.2) is 27.5 Å². The summed E-state index contributed by atoms with van der Waals surface area (Å²) in [6.07, 6.45) is 0.838. The molecule has 0 atom stereocenters. The highest BCUT2D eigenvalue weighted by molar-refractivity contribution is 9.10. The summed E-state index contributed by atoms with van der Waals surface area (Å²) in [4.78, 5) is 0. The molecule has 4 nitrogen and oxygen atoms in total. The summed E-state index contributed by atoms with van der Waals surface area (Å²) in [5, 5.41) is 3.11. The van der Waals surface area contributed by atoms with Gasteiger partial charge in [0.25, 0.3) is 0 Å². The fourth-order valence-corrected chi connectivity index (χ4v) is 2.37. The Morgan fingerprint density at radius 1 is 1.50 bits per heavy atom. The van der Waals surface area contributed by atoms with Crippen LogP contribution in [0, 0.1) is 0 Å². The zero-order valence-electron chi connectivity index (χ0n) is 9.30. The summed E-state index contributed by atoms with van der Waals surface area (Å²) < 4.78 is 17.1. The van der Waals surface area contributed by atoms with Gasteiger partial charge in [-0.25, -0.2) is 0 Å². The van der Waals surface area contributed by atoms with E-state index in [1.165, 1.54) is 0 Å². The summed E-state index contributed by atoms with van der Waals surface area (Å²) in [6.45, 7) is 1.14. The molecule has 2 rings (SSSR count). The molecule has 1 aliphatic heterocycles. The van der Waals surface area contributed by atoms with Crippen LogP contribution in [0.5, 0.6) is 17.2 Å². The fraction of sp³-hybridized carbons (Fsp3) is 0.455. The maximum absolute atomic E-state index is 5.47. The minimum absolute atomic E-state index is 0.279. The number of ether oxygens (including phenoxy) is 3. The van der Waals surface area contributed by atoms with Crippen LogP contribution in [0.2, 0.25) is 0 Å². The molecule has 0 aromatic heterocycles.